The van der Waals surface area contributed by atoms with Crippen LogP contribution in [0.4, 0.5) is 23.2 Å². The number of halogens is 5. The summed E-state index contributed by atoms with van der Waals surface area (Å²) in [5, 5.41) is 3.28. The number of amides is 2. The molecule has 3 aromatic carbocycles. The van der Waals surface area contributed by atoms with Gasteiger partial charge in [0.05, 0.1) is 36.4 Å². The Morgan fingerprint density at radius 2 is 1.78 bits per heavy atom. The van der Waals surface area contributed by atoms with Crippen LogP contribution in [-0.4, -0.2) is 43.6 Å². The van der Waals surface area contributed by atoms with Crippen molar-refractivity contribution in [2.75, 3.05) is 31.7 Å². The number of nitrogens with zero attached hydrogens (tertiary/aromatic N) is 2. The molecule has 2 heterocycles. The van der Waals surface area contributed by atoms with Gasteiger partial charge in [-0.15, -0.1) is 0 Å². The third-order valence-corrected chi connectivity index (χ3v) is 7.83. The molecule has 46 heavy (non-hydrogen) atoms. The minimum absolute atomic E-state index is 0.0247. The number of aromatic nitrogens is 1. The summed E-state index contributed by atoms with van der Waals surface area (Å²) in [5.74, 6) is -2.21. The number of hydrogen-bond donors (Lipinski definition) is 2. The molecule has 9 nitrogen and oxygen atoms in total. The second-order valence-corrected chi connectivity index (χ2v) is 11.0. The van der Waals surface area contributed by atoms with E-state index in [1.807, 2.05) is 0 Å². The van der Waals surface area contributed by atoms with E-state index in [0.717, 1.165) is 49.0 Å². The molecule has 0 saturated carbocycles. The van der Waals surface area contributed by atoms with Gasteiger partial charge in [0.2, 0.25) is 0 Å². The van der Waals surface area contributed by atoms with Gasteiger partial charge in [-0.25, -0.2) is 4.39 Å². The van der Waals surface area contributed by atoms with Crippen molar-refractivity contribution >= 4 is 40.0 Å². The fourth-order valence-corrected chi connectivity index (χ4v) is 5.31. The summed E-state index contributed by atoms with van der Waals surface area (Å²) in [7, 11) is 1.50. The Morgan fingerprint density at radius 1 is 1.02 bits per heavy atom. The van der Waals surface area contributed by atoms with Crippen LogP contribution >= 0.6 is 11.6 Å². The predicted molar refractivity (Wildman–Crippen MR) is 163 cm³/mol. The molecule has 0 unspecified atom stereocenters. The molecule has 3 N–H and O–H groups in total. The predicted octanol–water partition coefficient (Wildman–Crippen LogP) is 6.24. The molecule has 1 aliphatic rings. The van der Waals surface area contributed by atoms with Crippen LogP contribution in [0.15, 0.2) is 60.8 Å². The van der Waals surface area contributed by atoms with E-state index in [4.69, 9.17) is 31.5 Å². The van der Waals surface area contributed by atoms with Gasteiger partial charge in [0.25, 0.3) is 0 Å². The molecule has 14 heteroatoms. The Morgan fingerprint density at radius 3 is 2.46 bits per heavy atom. The van der Waals surface area contributed by atoms with Gasteiger partial charge in [-0.3, -0.25) is 19.5 Å². The van der Waals surface area contributed by atoms with Crippen LogP contribution in [0, 0.1) is 11.7 Å². The smallest absolute Gasteiger partial charge is 0.417 e. The number of primary amides is 1. The molecule has 4 aromatic rings. The van der Waals surface area contributed by atoms with Crippen molar-refractivity contribution in [2.24, 2.45) is 11.7 Å². The van der Waals surface area contributed by atoms with Crippen LogP contribution < -0.4 is 30.2 Å². The molecule has 242 valence electrons. The maximum Gasteiger partial charge on any atom is 0.417 e. The largest absolute Gasteiger partial charge is 0.493 e. The van der Waals surface area contributed by atoms with E-state index in [1.54, 1.807) is 12.1 Å². The van der Waals surface area contributed by atoms with Gasteiger partial charge in [0.1, 0.15) is 5.75 Å². The maximum absolute atomic E-state index is 15.4. The number of benzene rings is 3. The lowest BCUT2D eigenvalue weighted by molar-refractivity contribution is -0.137. The summed E-state index contributed by atoms with van der Waals surface area (Å²) in [5.41, 5.74) is 4.40. The maximum atomic E-state index is 15.4. The zero-order chi connectivity index (χ0) is 33.0. The van der Waals surface area contributed by atoms with Crippen LogP contribution in [0.2, 0.25) is 5.02 Å². The summed E-state index contributed by atoms with van der Waals surface area (Å²) >= 11 is 5.70. The normalized spacial score (nSPS) is 13.8. The number of piperidine rings is 1. The zero-order valence-corrected chi connectivity index (χ0v) is 25.3. The highest BCUT2D eigenvalue weighted by Gasteiger charge is 2.34. The number of carbonyl (C=O) groups is 2. The number of rotatable bonds is 9. The zero-order valence-electron chi connectivity index (χ0n) is 24.5. The van der Waals surface area contributed by atoms with E-state index >= 15 is 4.39 Å². The number of anilines is 1. The van der Waals surface area contributed by atoms with Crippen LogP contribution in [0.25, 0.3) is 10.9 Å². The Hall–Kier alpha value is -4.62. The summed E-state index contributed by atoms with van der Waals surface area (Å²) in [6, 6.07) is 11.3. The number of hydrogen-bond acceptors (Lipinski definition) is 7. The Balaban J connectivity index is 1.40. The van der Waals surface area contributed by atoms with E-state index in [9.17, 15) is 22.8 Å². The van der Waals surface area contributed by atoms with Gasteiger partial charge in [0, 0.05) is 29.4 Å². The lowest BCUT2D eigenvalue weighted by Crippen LogP contribution is -2.40. The molecule has 0 radical (unpaired) electrons. The van der Waals surface area contributed by atoms with Crippen molar-refractivity contribution in [1.29, 1.82) is 0 Å². The van der Waals surface area contributed by atoms with E-state index < -0.39 is 40.9 Å². The fourth-order valence-electron chi connectivity index (χ4n) is 5.09. The van der Waals surface area contributed by atoms with Gasteiger partial charge < -0.3 is 25.3 Å². The molecule has 1 saturated heterocycles. The number of nitrogens with two attached hydrogens (primary N) is 1. The summed E-state index contributed by atoms with van der Waals surface area (Å²) in [4.78, 5) is 29.6. The standard InChI is InChI=1S/C32H29ClF4N4O5/c1-44-28-14-21-25(15-29(28)45-17-18-6-9-39-10-7-18)40-11-8-26(21)46-27-5-3-20(13-24(27)34)41(31(43)30(38)42)16-19-2-4-23(33)22(12-19)32(35,36)37/h2-5,8,11-15,18,39H,6-7,9-10,16-17H2,1H3,(H2,38,42). The molecule has 0 atom stereocenters. The number of methoxy groups -OCH3 is 1. The second-order valence-electron chi connectivity index (χ2n) is 10.6. The van der Waals surface area contributed by atoms with Gasteiger partial charge in [-0.1, -0.05) is 17.7 Å². The van der Waals surface area contributed by atoms with Crippen molar-refractivity contribution in [1.82, 2.24) is 10.3 Å². The Bertz CT molecular complexity index is 1770. The van der Waals surface area contributed by atoms with Crippen LogP contribution in [0.3, 0.4) is 0 Å². The topological polar surface area (TPSA) is 116 Å². The lowest BCUT2D eigenvalue weighted by atomic mass is 9.99. The van der Waals surface area contributed by atoms with Crippen molar-refractivity contribution in [2.45, 2.75) is 25.6 Å². The molecule has 1 aromatic heterocycles. The van der Waals surface area contributed by atoms with E-state index in [0.29, 0.717) is 34.9 Å². The minimum atomic E-state index is -4.76. The third kappa shape index (κ3) is 7.43. The average molecular weight is 661 g/mol. The first-order valence-electron chi connectivity index (χ1n) is 14.2. The average Bonchev–Trinajstić information content (AvgIpc) is 3.03. The molecule has 0 spiro atoms. The van der Waals surface area contributed by atoms with Crippen LogP contribution in [0.1, 0.15) is 24.0 Å². The molecule has 0 bridgehead atoms. The van der Waals surface area contributed by atoms with Gasteiger partial charge in [0.15, 0.2) is 23.1 Å². The monoisotopic (exact) mass is 660 g/mol. The SMILES string of the molecule is COc1cc2c(Oc3ccc(N(Cc4ccc(Cl)c(C(F)(F)F)c4)C(=O)C(N)=O)cc3F)ccnc2cc1OCC1CCNCC1. The molecule has 2 amide bonds. The van der Waals surface area contributed by atoms with Crippen LogP contribution in [-0.2, 0) is 22.3 Å². The molecular formula is C32H29ClF4N4O5. The number of nitrogens with one attached hydrogen (secondary N) is 1. The van der Waals surface area contributed by atoms with Crippen molar-refractivity contribution in [3.8, 4) is 23.0 Å². The molecule has 5 rings (SSSR count). The number of fused-ring (bicyclic) bond motifs is 1. The van der Waals surface area contributed by atoms with E-state index in [-0.39, 0.29) is 22.7 Å². The van der Waals surface area contributed by atoms with Crippen molar-refractivity contribution in [3.05, 3.63) is 82.8 Å². The highest BCUT2D eigenvalue weighted by Crippen LogP contribution is 2.39. The van der Waals surface area contributed by atoms with Gasteiger partial charge in [-0.05, 0) is 73.8 Å². The van der Waals surface area contributed by atoms with E-state index in [1.165, 1.54) is 37.6 Å². The first kappa shape index (κ1) is 32.8. The fraction of sp³-hybridized carbons (Fsp3) is 0.281. The highest BCUT2D eigenvalue weighted by atomic mass is 35.5. The lowest BCUT2D eigenvalue weighted by Gasteiger charge is -2.23. The number of ether oxygens (including phenoxy) is 3. The van der Waals surface area contributed by atoms with Crippen molar-refractivity contribution in [3.63, 3.8) is 0 Å². The third-order valence-electron chi connectivity index (χ3n) is 7.50. The second kappa shape index (κ2) is 13.8. The molecular weight excluding hydrogens is 632 g/mol. The summed E-state index contributed by atoms with van der Waals surface area (Å²) in [6.07, 6.45) is -1.27. The Labute approximate surface area is 266 Å². The quantitative estimate of drug-likeness (QED) is 0.161. The first-order chi connectivity index (χ1) is 21.9. The van der Waals surface area contributed by atoms with E-state index in [2.05, 4.69) is 10.3 Å². The number of pyridine rings is 1. The minimum Gasteiger partial charge on any atom is -0.493 e. The van der Waals surface area contributed by atoms with Crippen molar-refractivity contribution < 1.29 is 41.4 Å². The van der Waals surface area contributed by atoms with Crippen LogP contribution in [0.5, 0.6) is 23.0 Å². The Kier molecular flexibility index (Phi) is 9.82. The summed E-state index contributed by atoms with van der Waals surface area (Å²) in [6.45, 7) is 1.87. The number of carbonyl (C=O) groups excluding carboxylic acids is 2. The van der Waals surface area contributed by atoms with Gasteiger partial charge in [-0.2, -0.15) is 13.2 Å². The highest BCUT2D eigenvalue weighted by molar-refractivity contribution is 6.39. The first-order valence-corrected chi connectivity index (χ1v) is 14.6. The molecule has 1 aliphatic heterocycles. The number of alkyl halides is 3. The van der Waals surface area contributed by atoms with Gasteiger partial charge >= 0.3 is 18.0 Å². The molecule has 1 fully saturated rings. The summed E-state index contributed by atoms with van der Waals surface area (Å²) < 4.78 is 73.1. The molecule has 0 aliphatic carbocycles.